The molecule has 2 nitrogen and oxygen atoms in total. The number of hydrogen-bond acceptors (Lipinski definition) is 2. The van der Waals surface area contributed by atoms with Crippen molar-refractivity contribution in [2.45, 2.75) is 52.1 Å². The predicted molar refractivity (Wildman–Crippen MR) is 107 cm³/mol. The number of hydrogen-bond donors (Lipinski definition) is 1. The third kappa shape index (κ3) is 3.45. The van der Waals surface area contributed by atoms with Crippen molar-refractivity contribution in [1.29, 1.82) is 0 Å². The lowest BCUT2D eigenvalue weighted by atomic mass is 9.59. The van der Waals surface area contributed by atoms with Crippen molar-refractivity contribution in [2.75, 3.05) is 13.2 Å². The normalized spacial score (nSPS) is 17.7. The molecule has 0 amide bonds. The third-order valence-corrected chi connectivity index (χ3v) is 6.30. The minimum Gasteiger partial charge on any atom is -0.393 e. The molecule has 1 aliphatic carbocycles. The van der Waals surface area contributed by atoms with Gasteiger partial charge in [-0.15, -0.1) is 0 Å². The lowest BCUT2D eigenvalue weighted by molar-refractivity contribution is -0.00979. The third-order valence-electron chi connectivity index (χ3n) is 6.30. The summed E-state index contributed by atoms with van der Waals surface area (Å²) in [5.41, 5.74) is 2.25. The van der Waals surface area contributed by atoms with Gasteiger partial charge in [-0.3, -0.25) is 0 Å². The van der Waals surface area contributed by atoms with Crippen LogP contribution in [0.1, 0.15) is 51.7 Å². The smallest absolute Gasteiger partial charge is 0.0609 e. The van der Waals surface area contributed by atoms with Crippen LogP contribution >= 0.6 is 0 Å². The van der Waals surface area contributed by atoms with Crippen molar-refractivity contribution >= 4 is 0 Å². The second-order valence-electron chi connectivity index (χ2n) is 8.92. The molecular weight excluding hydrogens is 320 g/mol. The Morgan fingerprint density at radius 3 is 1.73 bits per heavy atom. The summed E-state index contributed by atoms with van der Waals surface area (Å²) in [6.07, 6.45) is 1.81. The van der Waals surface area contributed by atoms with Crippen LogP contribution in [0, 0.1) is 10.8 Å². The summed E-state index contributed by atoms with van der Waals surface area (Å²) in [6, 6.07) is 21.4. The van der Waals surface area contributed by atoms with Gasteiger partial charge in [0.2, 0.25) is 0 Å². The van der Waals surface area contributed by atoms with Gasteiger partial charge in [0.25, 0.3) is 0 Å². The Morgan fingerprint density at radius 1 is 0.923 bits per heavy atom. The number of aliphatic hydroxyl groups excluding tert-OH is 1. The first-order valence-electron chi connectivity index (χ1n) is 9.69. The van der Waals surface area contributed by atoms with Crippen molar-refractivity contribution in [3.63, 3.8) is 0 Å². The van der Waals surface area contributed by atoms with E-state index in [0.29, 0.717) is 13.2 Å². The van der Waals surface area contributed by atoms with Crippen molar-refractivity contribution in [2.24, 2.45) is 10.8 Å². The average molecular weight is 353 g/mol. The SMILES string of the molecule is CC(O)C1(COCC(c2ccccc2)(c2ccccc2)C(C)(C)C)CC1. The molecular formula is C24H32O2. The van der Waals surface area contributed by atoms with E-state index in [4.69, 9.17) is 4.74 Å². The van der Waals surface area contributed by atoms with Gasteiger partial charge in [0.05, 0.1) is 19.3 Å². The van der Waals surface area contributed by atoms with Gasteiger partial charge in [0.1, 0.15) is 0 Å². The highest BCUT2D eigenvalue weighted by atomic mass is 16.5. The summed E-state index contributed by atoms with van der Waals surface area (Å²) in [7, 11) is 0. The molecule has 0 spiro atoms. The molecule has 1 saturated carbocycles. The fraction of sp³-hybridized carbons (Fsp3) is 0.500. The van der Waals surface area contributed by atoms with Crippen molar-refractivity contribution in [3.8, 4) is 0 Å². The standard InChI is InChI=1S/C24H32O2/c1-19(25)23(15-16-23)17-26-18-24(22(2,3)4,20-11-7-5-8-12-20)21-13-9-6-10-14-21/h5-14,19,25H,15-18H2,1-4H3. The van der Waals surface area contributed by atoms with Gasteiger partial charge in [-0.05, 0) is 36.3 Å². The van der Waals surface area contributed by atoms with Crippen molar-refractivity contribution in [3.05, 3.63) is 71.8 Å². The average Bonchev–Trinajstić information content (AvgIpc) is 3.40. The first-order chi connectivity index (χ1) is 12.3. The monoisotopic (exact) mass is 352 g/mol. The lowest BCUT2D eigenvalue weighted by Crippen LogP contribution is -2.46. The Bertz CT molecular complexity index is 654. The van der Waals surface area contributed by atoms with E-state index in [1.807, 2.05) is 6.92 Å². The molecule has 0 heterocycles. The largest absolute Gasteiger partial charge is 0.393 e. The van der Waals surface area contributed by atoms with Crippen LogP contribution in [-0.4, -0.2) is 24.4 Å². The second-order valence-corrected chi connectivity index (χ2v) is 8.92. The van der Waals surface area contributed by atoms with E-state index in [2.05, 4.69) is 81.4 Å². The van der Waals surface area contributed by atoms with E-state index >= 15 is 0 Å². The Labute approximate surface area is 158 Å². The van der Waals surface area contributed by atoms with Crippen LogP contribution in [0.4, 0.5) is 0 Å². The molecule has 140 valence electrons. The van der Waals surface area contributed by atoms with E-state index in [9.17, 15) is 5.11 Å². The minimum absolute atomic E-state index is 0.0305. The molecule has 1 N–H and O–H groups in total. The molecule has 0 aromatic heterocycles. The molecule has 1 aliphatic rings. The zero-order valence-electron chi connectivity index (χ0n) is 16.5. The van der Waals surface area contributed by atoms with Crippen molar-refractivity contribution < 1.29 is 9.84 Å². The van der Waals surface area contributed by atoms with E-state index in [-0.39, 0.29) is 22.3 Å². The minimum atomic E-state index is -0.306. The highest BCUT2D eigenvalue weighted by Gasteiger charge is 2.49. The number of aliphatic hydroxyl groups is 1. The van der Waals surface area contributed by atoms with E-state index in [1.54, 1.807) is 0 Å². The zero-order valence-corrected chi connectivity index (χ0v) is 16.5. The van der Waals surface area contributed by atoms with Gasteiger partial charge < -0.3 is 9.84 Å². The molecule has 1 atom stereocenters. The molecule has 0 bridgehead atoms. The Kier molecular flexibility index (Phi) is 5.28. The molecule has 26 heavy (non-hydrogen) atoms. The number of rotatable bonds is 7. The number of ether oxygens (including phenoxy) is 1. The quantitative estimate of drug-likeness (QED) is 0.742. The molecule has 3 rings (SSSR count). The summed E-state index contributed by atoms with van der Waals surface area (Å²) < 4.78 is 6.36. The van der Waals surface area contributed by atoms with Gasteiger partial charge in [-0.25, -0.2) is 0 Å². The van der Waals surface area contributed by atoms with Crippen LogP contribution in [0.25, 0.3) is 0 Å². The van der Waals surface area contributed by atoms with Crippen LogP contribution in [0.3, 0.4) is 0 Å². The van der Waals surface area contributed by atoms with Crippen LogP contribution in [0.15, 0.2) is 60.7 Å². The molecule has 0 aliphatic heterocycles. The van der Waals surface area contributed by atoms with Gasteiger partial charge in [-0.1, -0.05) is 81.4 Å². The fourth-order valence-electron chi connectivity index (χ4n) is 4.11. The molecule has 1 fully saturated rings. The molecule has 2 aromatic carbocycles. The molecule has 2 aromatic rings. The highest BCUT2D eigenvalue weighted by molar-refractivity contribution is 5.42. The maximum Gasteiger partial charge on any atom is 0.0609 e. The first-order valence-corrected chi connectivity index (χ1v) is 9.69. The molecule has 0 saturated heterocycles. The number of benzene rings is 2. The first kappa shape index (κ1) is 19.1. The van der Waals surface area contributed by atoms with E-state index in [0.717, 1.165) is 12.8 Å². The van der Waals surface area contributed by atoms with Crippen LogP contribution in [0.5, 0.6) is 0 Å². The lowest BCUT2D eigenvalue weighted by Gasteiger charge is -2.46. The van der Waals surface area contributed by atoms with Gasteiger partial charge in [-0.2, -0.15) is 0 Å². The second kappa shape index (κ2) is 7.17. The maximum absolute atomic E-state index is 10.1. The molecule has 0 radical (unpaired) electrons. The fourth-order valence-corrected chi connectivity index (χ4v) is 4.11. The summed E-state index contributed by atoms with van der Waals surface area (Å²) in [6.45, 7) is 10.00. The van der Waals surface area contributed by atoms with Crippen LogP contribution in [-0.2, 0) is 10.2 Å². The van der Waals surface area contributed by atoms with Crippen LogP contribution in [0.2, 0.25) is 0 Å². The topological polar surface area (TPSA) is 29.5 Å². The Morgan fingerprint density at radius 2 is 1.38 bits per heavy atom. The maximum atomic E-state index is 10.1. The zero-order chi connectivity index (χ0) is 18.8. The summed E-state index contributed by atoms with van der Waals surface area (Å²) in [4.78, 5) is 0. The summed E-state index contributed by atoms with van der Waals surface area (Å²) >= 11 is 0. The predicted octanol–water partition coefficient (Wildman–Crippen LogP) is 5.20. The molecule has 2 heteroatoms. The Balaban J connectivity index is 1.98. The summed E-state index contributed by atoms with van der Waals surface area (Å²) in [5.74, 6) is 0. The Hall–Kier alpha value is -1.64. The van der Waals surface area contributed by atoms with E-state index in [1.165, 1.54) is 11.1 Å². The highest BCUT2D eigenvalue weighted by Crippen LogP contribution is 2.51. The van der Waals surface area contributed by atoms with Gasteiger partial charge in [0, 0.05) is 10.8 Å². The van der Waals surface area contributed by atoms with Gasteiger partial charge in [0.15, 0.2) is 0 Å². The van der Waals surface area contributed by atoms with Crippen molar-refractivity contribution in [1.82, 2.24) is 0 Å². The van der Waals surface area contributed by atoms with Crippen LogP contribution < -0.4 is 0 Å². The van der Waals surface area contributed by atoms with E-state index < -0.39 is 0 Å². The summed E-state index contributed by atoms with van der Waals surface area (Å²) in [5, 5.41) is 10.1. The van der Waals surface area contributed by atoms with Gasteiger partial charge >= 0.3 is 0 Å². The molecule has 1 unspecified atom stereocenters.